The maximum Gasteiger partial charge on any atom is 0.228 e. The van der Waals surface area contributed by atoms with Gasteiger partial charge in [-0.25, -0.2) is 17.8 Å². The molecule has 0 bridgehead atoms. The predicted molar refractivity (Wildman–Crippen MR) is 152 cm³/mol. The number of nitrogens with one attached hydrogen (secondary N) is 1. The van der Waals surface area contributed by atoms with Gasteiger partial charge in [0.05, 0.1) is 34.3 Å². The highest BCUT2D eigenvalue weighted by molar-refractivity contribution is 7.91. The van der Waals surface area contributed by atoms with Crippen LogP contribution in [0.4, 0.5) is 10.1 Å². The van der Waals surface area contributed by atoms with Crippen LogP contribution in [0.5, 0.6) is 11.5 Å². The first kappa shape index (κ1) is 27.9. The Morgan fingerprint density at radius 3 is 2.54 bits per heavy atom. The molecule has 0 fully saturated rings. The highest BCUT2D eigenvalue weighted by atomic mass is 32.2. The topological polar surface area (TPSA) is 116 Å². The largest absolute Gasteiger partial charge is 0.453 e. The third-order valence-corrected chi connectivity index (χ3v) is 7.98. The molecule has 0 saturated carbocycles. The first-order valence-electron chi connectivity index (χ1n) is 12.8. The Labute approximate surface area is 237 Å². The van der Waals surface area contributed by atoms with E-state index in [2.05, 4.69) is 20.4 Å². The van der Waals surface area contributed by atoms with Crippen LogP contribution >= 0.6 is 0 Å². The van der Waals surface area contributed by atoms with E-state index in [9.17, 15) is 13.2 Å². The van der Waals surface area contributed by atoms with Gasteiger partial charge in [-0.05, 0) is 81.3 Å². The van der Waals surface area contributed by atoms with Crippen molar-refractivity contribution in [2.75, 3.05) is 5.32 Å². The lowest BCUT2D eigenvalue weighted by Crippen LogP contribution is -2.22. The second kappa shape index (κ2) is 10.7. The van der Waals surface area contributed by atoms with Crippen molar-refractivity contribution in [2.24, 2.45) is 0 Å². The normalized spacial score (nSPS) is 11.9. The van der Waals surface area contributed by atoms with Crippen LogP contribution in [0.2, 0.25) is 0 Å². The molecule has 11 heteroatoms. The molecular formula is C30H28FN5O4S. The number of halogens is 1. The first-order valence-corrected chi connectivity index (χ1v) is 14.3. The molecule has 0 unspecified atom stereocenters. The Morgan fingerprint density at radius 2 is 1.85 bits per heavy atom. The SMILES string of the molecule is Cc1cc(CC(=O)Nc2cnn(C(C)(C)C)c2)cc(F)c1Oc1ccnc2ccc(S(=O)(=O)c3ccccn3)cc12. The number of amides is 1. The Kier molecular flexibility index (Phi) is 7.31. The minimum atomic E-state index is -3.89. The van der Waals surface area contributed by atoms with E-state index < -0.39 is 15.7 Å². The highest BCUT2D eigenvalue weighted by Crippen LogP contribution is 2.35. The zero-order valence-electron chi connectivity index (χ0n) is 22.9. The van der Waals surface area contributed by atoms with E-state index >= 15 is 4.39 Å². The van der Waals surface area contributed by atoms with Crippen molar-refractivity contribution < 1.29 is 22.3 Å². The number of ether oxygens (including phenoxy) is 1. The average Bonchev–Trinajstić information content (AvgIpc) is 3.40. The van der Waals surface area contributed by atoms with Crippen LogP contribution in [-0.4, -0.2) is 34.1 Å². The third-order valence-electron chi connectivity index (χ3n) is 6.32. The number of carbonyl (C=O) groups excluding carboxylic acids is 1. The minimum Gasteiger partial charge on any atom is -0.453 e. The Balaban J connectivity index is 1.38. The first-order chi connectivity index (χ1) is 19.4. The molecule has 41 heavy (non-hydrogen) atoms. The maximum atomic E-state index is 15.3. The Bertz CT molecular complexity index is 1840. The number of hydrogen-bond acceptors (Lipinski definition) is 7. The number of hydrogen-bond donors (Lipinski definition) is 1. The van der Waals surface area contributed by atoms with E-state index in [1.54, 1.807) is 48.3 Å². The molecule has 5 rings (SSSR count). The van der Waals surface area contributed by atoms with Crippen LogP contribution in [0.1, 0.15) is 31.9 Å². The minimum absolute atomic E-state index is 0.00754. The van der Waals surface area contributed by atoms with Gasteiger partial charge >= 0.3 is 0 Å². The summed E-state index contributed by atoms with van der Waals surface area (Å²) >= 11 is 0. The molecule has 9 nitrogen and oxygen atoms in total. The molecule has 3 aromatic heterocycles. The number of rotatable bonds is 7. The second-order valence-electron chi connectivity index (χ2n) is 10.6. The van der Waals surface area contributed by atoms with Gasteiger partial charge in [0.15, 0.2) is 16.6 Å². The van der Waals surface area contributed by atoms with Crippen molar-refractivity contribution >= 4 is 32.3 Å². The number of benzene rings is 2. The average molecular weight is 574 g/mol. The zero-order valence-corrected chi connectivity index (χ0v) is 23.7. The van der Waals surface area contributed by atoms with Gasteiger partial charge in [0.1, 0.15) is 5.75 Å². The quantitative estimate of drug-likeness (QED) is 0.260. The monoisotopic (exact) mass is 573 g/mol. The molecule has 1 N–H and O–H groups in total. The van der Waals surface area contributed by atoms with Crippen molar-refractivity contribution in [2.45, 2.75) is 49.6 Å². The molecule has 0 aliphatic heterocycles. The Morgan fingerprint density at radius 1 is 1.05 bits per heavy atom. The van der Waals surface area contributed by atoms with Crippen LogP contribution in [-0.2, 0) is 26.6 Å². The summed E-state index contributed by atoms with van der Waals surface area (Å²) in [5.74, 6) is -0.772. The lowest BCUT2D eigenvalue weighted by Gasteiger charge is -2.18. The molecule has 1 amide bonds. The molecule has 0 saturated heterocycles. The number of anilines is 1. The lowest BCUT2D eigenvalue weighted by molar-refractivity contribution is -0.115. The molecule has 2 aromatic carbocycles. The molecule has 0 aliphatic rings. The van der Waals surface area contributed by atoms with Gasteiger partial charge < -0.3 is 10.1 Å². The van der Waals surface area contributed by atoms with Crippen LogP contribution in [0.15, 0.2) is 89.3 Å². The van der Waals surface area contributed by atoms with Gasteiger partial charge in [0.25, 0.3) is 0 Å². The fourth-order valence-corrected chi connectivity index (χ4v) is 5.49. The summed E-state index contributed by atoms with van der Waals surface area (Å²) in [4.78, 5) is 20.9. The molecule has 0 atom stereocenters. The highest BCUT2D eigenvalue weighted by Gasteiger charge is 2.21. The number of nitrogens with zero attached hydrogens (tertiary/aromatic N) is 4. The maximum absolute atomic E-state index is 15.3. The van der Waals surface area contributed by atoms with Crippen molar-refractivity contribution in [1.29, 1.82) is 0 Å². The molecule has 5 aromatic rings. The fourth-order valence-electron chi connectivity index (χ4n) is 4.27. The summed E-state index contributed by atoms with van der Waals surface area (Å²) in [6.45, 7) is 7.67. The number of aryl methyl sites for hydroxylation is 1. The van der Waals surface area contributed by atoms with Crippen LogP contribution in [0, 0.1) is 12.7 Å². The van der Waals surface area contributed by atoms with Crippen molar-refractivity contribution in [3.8, 4) is 11.5 Å². The molecular weight excluding hydrogens is 545 g/mol. The van der Waals surface area contributed by atoms with E-state index in [1.807, 2.05) is 20.8 Å². The van der Waals surface area contributed by atoms with Crippen molar-refractivity contribution in [3.63, 3.8) is 0 Å². The van der Waals surface area contributed by atoms with E-state index in [1.165, 1.54) is 42.7 Å². The summed E-state index contributed by atoms with van der Waals surface area (Å²) < 4.78 is 49.3. The van der Waals surface area contributed by atoms with E-state index in [0.717, 1.165) is 0 Å². The fraction of sp³-hybridized carbons (Fsp3) is 0.200. The molecule has 0 aliphatic carbocycles. The predicted octanol–water partition coefficient (Wildman–Crippen LogP) is 5.84. The van der Waals surface area contributed by atoms with Crippen LogP contribution in [0.25, 0.3) is 10.9 Å². The summed E-state index contributed by atoms with van der Waals surface area (Å²) in [6, 6.07) is 13.6. The Hall–Kier alpha value is -4.64. The van der Waals surface area contributed by atoms with Crippen LogP contribution < -0.4 is 10.1 Å². The van der Waals surface area contributed by atoms with E-state index in [4.69, 9.17) is 4.74 Å². The molecule has 210 valence electrons. The van der Waals surface area contributed by atoms with E-state index in [-0.39, 0.29) is 39.3 Å². The zero-order chi connectivity index (χ0) is 29.4. The lowest BCUT2D eigenvalue weighted by atomic mass is 10.1. The summed E-state index contributed by atoms with van der Waals surface area (Å²) in [5.41, 5.74) is 1.74. The van der Waals surface area contributed by atoms with Gasteiger partial charge in [-0.15, -0.1) is 0 Å². The number of aromatic nitrogens is 4. The second-order valence-corrected chi connectivity index (χ2v) is 12.5. The molecule has 0 radical (unpaired) electrons. The van der Waals surface area contributed by atoms with Gasteiger partial charge in [-0.1, -0.05) is 12.1 Å². The summed E-state index contributed by atoms with van der Waals surface area (Å²) in [5, 5.41) is 7.36. The molecule has 3 heterocycles. The summed E-state index contributed by atoms with van der Waals surface area (Å²) in [7, 11) is -3.89. The number of pyridine rings is 2. The third kappa shape index (κ3) is 5.94. The standard InChI is InChI=1S/C30H28FN5O4S/c1-19-13-20(15-27(37)35-21-17-34-36(18-21)30(2,3)4)14-24(31)29(19)40-26-10-12-32-25-9-8-22(16-23(25)26)41(38,39)28-7-5-6-11-33-28/h5-14,16-18H,15H2,1-4H3,(H,35,37). The van der Waals surface area contributed by atoms with Gasteiger partial charge in [-0.3, -0.25) is 14.5 Å². The van der Waals surface area contributed by atoms with Crippen LogP contribution in [0.3, 0.4) is 0 Å². The molecule has 0 spiro atoms. The van der Waals surface area contributed by atoms with E-state index in [0.29, 0.717) is 27.7 Å². The number of carbonyl (C=O) groups is 1. The van der Waals surface area contributed by atoms with Gasteiger partial charge in [-0.2, -0.15) is 5.10 Å². The smallest absolute Gasteiger partial charge is 0.228 e. The summed E-state index contributed by atoms with van der Waals surface area (Å²) in [6.07, 6.45) is 6.17. The van der Waals surface area contributed by atoms with Crippen molar-refractivity contribution in [3.05, 3.63) is 96.3 Å². The van der Waals surface area contributed by atoms with Gasteiger partial charge in [0.2, 0.25) is 15.7 Å². The number of fused-ring (bicyclic) bond motifs is 1. The number of sulfone groups is 1. The van der Waals surface area contributed by atoms with Crippen molar-refractivity contribution in [1.82, 2.24) is 19.7 Å². The van der Waals surface area contributed by atoms with Gasteiger partial charge in [0, 0.05) is 24.0 Å².